The third kappa shape index (κ3) is 5.91. The van der Waals surface area contributed by atoms with Crippen LogP contribution in [0.5, 0.6) is 0 Å². The van der Waals surface area contributed by atoms with Crippen molar-refractivity contribution in [3.8, 4) is 6.07 Å². The lowest BCUT2D eigenvalue weighted by atomic mass is 9.93. The molecule has 4 aromatic rings. The number of nitrogens with one attached hydrogen (secondary N) is 3. The van der Waals surface area contributed by atoms with Crippen LogP contribution in [-0.4, -0.2) is 71.9 Å². The minimum atomic E-state index is -0.335. The molecule has 13 heteroatoms. The number of H-pyrrole nitrogens is 2. The summed E-state index contributed by atoms with van der Waals surface area (Å²) >= 11 is 0. The smallest absolute Gasteiger partial charge is 0.277 e. The standard InChI is InChI=1S/C27H32N12O/c28-10-5-18-8-13-39(14-9-18)27-31-22-16-29-35-26(40)24(22)25(32-27)30-21-3-1-20(2-4-21)17-38-11-6-19(7-12-38)15-23-33-36-37-34-23/h1-4,16,18-19H,5-9,11-15,17H2,(H,35,40)(H,30,31,32)(H,33,34,36,37). The third-order valence-corrected chi connectivity index (χ3v) is 7.97. The van der Waals surface area contributed by atoms with Gasteiger partial charge in [-0.25, -0.2) is 10.1 Å². The summed E-state index contributed by atoms with van der Waals surface area (Å²) < 4.78 is 0. The first-order valence-electron chi connectivity index (χ1n) is 13.8. The molecule has 5 heterocycles. The van der Waals surface area contributed by atoms with Crippen LogP contribution in [0.25, 0.3) is 10.9 Å². The van der Waals surface area contributed by atoms with Crippen molar-refractivity contribution in [3.63, 3.8) is 0 Å². The molecule has 6 rings (SSSR count). The van der Waals surface area contributed by atoms with E-state index in [9.17, 15) is 4.79 Å². The summed E-state index contributed by atoms with van der Waals surface area (Å²) in [4.78, 5) is 26.7. The zero-order valence-corrected chi connectivity index (χ0v) is 22.3. The van der Waals surface area contributed by atoms with Crippen LogP contribution in [0, 0.1) is 23.2 Å². The van der Waals surface area contributed by atoms with Gasteiger partial charge in [0.1, 0.15) is 16.7 Å². The SMILES string of the molecule is N#CCC1CCN(c2nc(Nc3ccc(CN4CCC(Cc5nn[nH]n5)CC4)cc3)c3c(=O)[nH]ncc3n2)CC1. The van der Waals surface area contributed by atoms with Gasteiger partial charge in [-0.1, -0.05) is 17.3 Å². The number of nitrogens with zero attached hydrogens (tertiary/aromatic N) is 9. The van der Waals surface area contributed by atoms with Crippen LogP contribution in [0.4, 0.5) is 17.5 Å². The van der Waals surface area contributed by atoms with E-state index in [0.29, 0.717) is 40.9 Å². The van der Waals surface area contributed by atoms with Crippen molar-refractivity contribution in [1.82, 2.24) is 45.7 Å². The Morgan fingerprint density at radius 3 is 2.52 bits per heavy atom. The van der Waals surface area contributed by atoms with E-state index in [1.165, 1.54) is 5.56 Å². The number of nitriles is 1. The molecule has 0 saturated carbocycles. The van der Waals surface area contributed by atoms with Crippen molar-refractivity contribution in [1.29, 1.82) is 5.26 Å². The molecule has 1 aromatic carbocycles. The lowest BCUT2D eigenvalue weighted by Gasteiger charge is -2.31. The molecule has 0 spiro atoms. The lowest BCUT2D eigenvalue weighted by Crippen LogP contribution is -2.35. The van der Waals surface area contributed by atoms with Crippen LogP contribution in [-0.2, 0) is 13.0 Å². The number of aromatic amines is 2. The van der Waals surface area contributed by atoms with E-state index in [4.69, 9.17) is 10.2 Å². The molecule has 40 heavy (non-hydrogen) atoms. The Bertz CT molecular complexity index is 1510. The maximum Gasteiger partial charge on any atom is 0.277 e. The van der Waals surface area contributed by atoms with Gasteiger partial charge in [-0.15, -0.1) is 10.2 Å². The zero-order valence-electron chi connectivity index (χ0n) is 22.3. The highest BCUT2D eigenvalue weighted by Crippen LogP contribution is 2.28. The number of likely N-dealkylation sites (tertiary alicyclic amines) is 1. The number of hydrogen-bond acceptors (Lipinski definition) is 11. The molecular formula is C27H32N12O. The number of tetrazole rings is 1. The van der Waals surface area contributed by atoms with Gasteiger partial charge in [0.05, 0.1) is 12.3 Å². The van der Waals surface area contributed by atoms with Crippen LogP contribution in [0.15, 0.2) is 35.3 Å². The lowest BCUT2D eigenvalue weighted by molar-refractivity contribution is 0.176. The Hall–Kier alpha value is -4.44. The second-order valence-electron chi connectivity index (χ2n) is 10.7. The van der Waals surface area contributed by atoms with Crippen molar-refractivity contribution >= 4 is 28.4 Å². The minimum Gasteiger partial charge on any atom is -0.341 e. The van der Waals surface area contributed by atoms with Crippen LogP contribution < -0.4 is 15.8 Å². The molecule has 0 unspecified atom stereocenters. The molecule has 2 aliphatic rings. The first-order valence-corrected chi connectivity index (χ1v) is 13.8. The summed E-state index contributed by atoms with van der Waals surface area (Å²) in [7, 11) is 0. The quantitative estimate of drug-likeness (QED) is 0.300. The topological polar surface area (TPSA) is 168 Å². The van der Waals surface area contributed by atoms with Gasteiger partial charge in [0.15, 0.2) is 5.82 Å². The van der Waals surface area contributed by atoms with E-state index in [0.717, 1.165) is 76.3 Å². The monoisotopic (exact) mass is 540 g/mol. The summed E-state index contributed by atoms with van der Waals surface area (Å²) in [5, 5.41) is 33.6. The van der Waals surface area contributed by atoms with Gasteiger partial charge in [0.2, 0.25) is 5.95 Å². The molecule has 2 fully saturated rings. The van der Waals surface area contributed by atoms with E-state index in [1.807, 2.05) is 12.1 Å². The van der Waals surface area contributed by atoms with Gasteiger partial charge in [-0.05, 0) is 68.3 Å². The average molecular weight is 541 g/mol. The van der Waals surface area contributed by atoms with Crippen LogP contribution in [0.3, 0.4) is 0 Å². The van der Waals surface area contributed by atoms with Crippen LogP contribution >= 0.6 is 0 Å². The largest absolute Gasteiger partial charge is 0.341 e. The van der Waals surface area contributed by atoms with E-state index in [1.54, 1.807) is 6.20 Å². The Labute approximate surface area is 231 Å². The van der Waals surface area contributed by atoms with Crippen LogP contribution in [0.1, 0.15) is 43.5 Å². The number of fused-ring (bicyclic) bond motifs is 1. The Morgan fingerprint density at radius 2 is 1.80 bits per heavy atom. The van der Waals surface area contributed by atoms with Gasteiger partial charge in [0, 0.05) is 38.2 Å². The van der Waals surface area contributed by atoms with E-state index < -0.39 is 0 Å². The number of hydrogen-bond donors (Lipinski definition) is 3. The highest BCUT2D eigenvalue weighted by atomic mass is 16.1. The third-order valence-electron chi connectivity index (χ3n) is 7.97. The molecule has 0 atom stereocenters. The van der Waals surface area contributed by atoms with Crippen molar-refractivity contribution in [2.75, 3.05) is 36.4 Å². The summed E-state index contributed by atoms with van der Waals surface area (Å²) in [6.07, 6.45) is 7.10. The highest BCUT2D eigenvalue weighted by Gasteiger charge is 2.23. The second-order valence-corrected chi connectivity index (χ2v) is 10.7. The molecule has 206 valence electrons. The van der Waals surface area contributed by atoms with Crippen molar-refractivity contribution in [2.45, 2.75) is 45.1 Å². The molecule has 2 aliphatic heterocycles. The van der Waals surface area contributed by atoms with Crippen molar-refractivity contribution < 1.29 is 0 Å². The predicted molar refractivity (Wildman–Crippen MR) is 149 cm³/mol. The Balaban J connectivity index is 1.12. The maximum atomic E-state index is 12.7. The molecule has 0 aliphatic carbocycles. The van der Waals surface area contributed by atoms with Gasteiger partial charge < -0.3 is 10.2 Å². The summed E-state index contributed by atoms with van der Waals surface area (Å²) in [6, 6.07) is 10.6. The van der Waals surface area contributed by atoms with E-state index in [-0.39, 0.29) is 5.56 Å². The predicted octanol–water partition coefficient (Wildman–Crippen LogP) is 2.55. The first-order chi connectivity index (χ1) is 19.6. The van der Waals surface area contributed by atoms with Gasteiger partial charge in [-0.2, -0.15) is 20.6 Å². The number of rotatable bonds is 8. The summed E-state index contributed by atoms with van der Waals surface area (Å²) in [5.74, 6) is 2.82. The van der Waals surface area contributed by atoms with E-state index in [2.05, 4.69) is 69.1 Å². The Morgan fingerprint density at radius 1 is 1.02 bits per heavy atom. The fourth-order valence-corrected chi connectivity index (χ4v) is 5.65. The van der Waals surface area contributed by atoms with Gasteiger partial charge in [-0.3, -0.25) is 9.69 Å². The Kier molecular flexibility index (Phi) is 7.58. The van der Waals surface area contributed by atoms with Gasteiger partial charge >= 0.3 is 0 Å². The van der Waals surface area contributed by atoms with Crippen molar-refractivity contribution in [2.24, 2.45) is 11.8 Å². The number of aromatic nitrogens is 8. The molecule has 3 aromatic heterocycles. The number of benzene rings is 1. The van der Waals surface area contributed by atoms with Gasteiger partial charge in [0.25, 0.3) is 5.56 Å². The fourth-order valence-electron chi connectivity index (χ4n) is 5.65. The zero-order chi connectivity index (χ0) is 27.3. The number of anilines is 3. The molecule has 0 bridgehead atoms. The molecule has 0 amide bonds. The molecule has 13 nitrogen and oxygen atoms in total. The highest BCUT2D eigenvalue weighted by molar-refractivity contribution is 5.90. The molecule has 0 radical (unpaired) electrons. The minimum absolute atomic E-state index is 0.335. The summed E-state index contributed by atoms with van der Waals surface area (Å²) in [5.41, 5.74) is 2.24. The van der Waals surface area contributed by atoms with E-state index >= 15 is 0 Å². The summed E-state index contributed by atoms with van der Waals surface area (Å²) in [6.45, 7) is 4.53. The second kappa shape index (κ2) is 11.7. The first kappa shape index (κ1) is 25.8. The fraction of sp³-hybridized carbons (Fsp3) is 0.481. The van der Waals surface area contributed by atoms with Crippen LogP contribution in [0.2, 0.25) is 0 Å². The average Bonchev–Trinajstić information content (AvgIpc) is 3.49. The maximum absolute atomic E-state index is 12.7. The molecular weight excluding hydrogens is 508 g/mol. The van der Waals surface area contributed by atoms with Crippen molar-refractivity contribution in [3.05, 3.63) is 52.2 Å². The normalized spacial score (nSPS) is 17.2. The molecule has 3 N–H and O–H groups in total. The molecule has 2 saturated heterocycles. The number of piperidine rings is 2.